The topological polar surface area (TPSA) is 39.2 Å². The first-order chi connectivity index (χ1) is 13.0. The minimum absolute atomic E-state index is 0.315. The maximum atomic E-state index is 13.6. The van der Waals surface area contributed by atoms with Crippen molar-refractivity contribution in [3.63, 3.8) is 0 Å². The molecule has 0 radical (unpaired) electrons. The van der Waals surface area contributed by atoms with Crippen LogP contribution in [0.3, 0.4) is 0 Å². The van der Waals surface area contributed by atoms with Crippen LogP contribution in [0.2, 0.25) is 0 Å². The maximum absolute atomic E-state index is 13.6. The molecule has 1 aromatic heterocycles. The Morgan fingerprint density at radius 3 is 2.19 bits per heavy atom. The van der Waals surface area contributed by atoms with Gasteiger partial charge in [0, 0.05) is 6.07 Å². The Morgan fingerprint density at radius 1 is 1.00 bits per heavy atom. The summed E-state index contributed by atoms with van der Waals surface area (Å²) in [6.45, 7) is 2.24. The fourth-order valence-electron chi connectivity index (χ4n) is 4.88. The van der Waals surface area contributed by atoms with Gasteiger partial charge in [-0.1, -0.05) is 32.6 Å². The monoisotopic (exact) mass is 383 g/mol. The lowest BCUT2D eigenvalue weighted by molar-refractivity contribution is -0.140. The van der Waals surface area contributed by atoms with Gasteiger partial charge in [0.1, 0.15) is 0 Å². The molecule has 6 heteroatoms. The summed E-state index contributed by atoms with van der Waals surface area (Å²) in [6.07, 6.45) is 11.2. The fourth-order valence-corrected chi connectivity index (χ4v) is 4.88. The van der Waals surface area contributed by atoms with E-state index in [-0.39, 0.29) is 5.92 Å². The number of rotatable bonds is 5. The van der Waals surface area contributed by atoms with Crippen LogP contribution in [-0.2, 0) is 4.79 Å². The Bertz CT molecular complexity index is 651. The standard InChI is InChI=1S/C21H28F3NO2/c1-2-3-13-4-6-14(7-5-13)15-8-10-16(11-9-15)21(26)27-18-12-17(22)19(23)25-20(18)24/h12-16H,2-11H2,1H3/t13-,14-,15?,16?. The molecule has 27 heavy (non-hydrogen) atoms. The van der Waals surface area contributed by atoms with Gasteiger partial charge in [-0.3, -0.25) is 4.79 Å². The van der Waals surface area contributed by atoms with E-state index in [2.05, 4.69) is 11.9 Å². The van der Waals surface area contributed by atoms with Crippen LogP contribution in [-0.4, -0.2) is 11.0 Å². The molecule has 150 valence electrons. The van der Waals surface area contributed by atoms with Crippen molar-refractivity contribution >= 4 is 5.97 Å². The molecule has 1 heterocycles. The number of nitrogens with zero attached hydrogens (tertiary/aromatic N) is 1. The van der Waals surface area contributed by atoms with Crippen molar-refractivity contribution in [2.45, 2.75) is 71.1 Å². The molecule has 0 aromatic carbocycles. The van der Waals surface area contributed by atoms with Crippen LogP contribution in [0.4, 0.5) is 13.2 Å². The number of halogens is 3. The number of hydrogen-bond acceptors (Lipinski definition) is 3. The van der Waals surface area contributed by atoms with Gasteiger partial charge in [-0.2, -0.15) is 13.8 Å². The molecule has 1 aromatic rings. The zero-order valence-corrected chi connectivity index (χ0v) is 15.9. The molecule has 0 N–H and O–H groups in total. The van der Waals surface area contributed by atoms with E-state index in [1.807, 2.05) is 0 Å². The van der Waals surface area contributed by atoms with Crippen LogP contribution in [0, 0.1) is 41.4 Å². The third-order valence-electron chi connectivity index (χ3n) is 6.43. The van der Waals surface area contributed by atoms with Crippen LogP contribution in [0.15, 0.2) is 6.07 Å². The lowest BCUT2D eigenvalue weighted by Crippen LogP contribution is -2.30. The summed E-state index contributed by atoms with van der Waals surface area (Å²) in [4.78, 5) is 15.1. The third-order valence-corrected chi connectivity index (χ3v) is 6.43. The molecule has 0 bridgehead atoms. The molecule has 2 saturated carbocycles. The second-order valence-electron chi connectivity index (χ2n) is 8.15. The molecule has 2 aliphatic rings. The predicted octanol–water partition coefficient (Wildman–Crippen LogP) is 5.82. The molecule has 0 aliphatic heterocycles. The Kier molecular flexibility index (Phi) is 6.77. The lowest BCUT2D eigenvalue weighted by atomic mass is 9.69. The third kappa shape index (κ3) is 5.02. The first kappa shape index (κ1) is 20.2. The molecular formula is C21H28F3NO2. The highest BCUT2D eigenvalue weighted by Gasteiger charge is 2.34. The zero-order chi connectivity index (χ0) is 19.4. The summed E-state index contributed by atoms with van der Waals surface area (Å²) < 4.78 is 44.6. The quantitative estimate of drug-likeness (QED) is 0.475. The van der Waals surface area contributed by atoms with Gasteiger partial charge in [0.05, 0.1) is 5.92 Å². The molecular weight excluding hydrogens is 355 g/mol. The Morgan fingerprint density at radius 2 is 1.59 bits per heavy atom. The molecule has 0 unspecified atom stereocenters. The molecule has 2 aliphatic carbocycles. The van der Waals surface area contributed by atoms with E-state index in [9.17, 15) is 18.0 Å². The molecule has 0 atom stereocenters. The van der Waals surface area contributed by atoms with Crippen molar-refractivity contribution in [3.8, 4) is 5.75 Å². The number of aromatic nitrogens is 1. The summed E-state index contributed by atoms with van der Waals surface area (Å²) in [5.74, 6) is -3.42. The van der Waals surface area contributed by atoms with E-state index in [4.69, 9.17) is 4.74 Å². The molecule has 3 rings (SSSR count). The van der Waals surface area contributed by atoms with Crippen molar-refractivity contribution in [2.24, 2.45) is 23.7 Å². The fraction of sp³-hybridized carbons (Fsp3) is 0.714. The average molecular weight is 383 g/mol. The van der Waals surface area contributed by atoms with Crippen LogP contribution in [0.25, 0.3) is 0 Å². The lowest BCUT2D eigenvalue weighted by Gasteiger charge is -2.37. The average Bonchev–Trinajstić information content (AvgIpc) is 2.67. The van der Waals surface area contributed by atoms with Crippen LogP contribution in [0.1, 0.15) is 71.1 Å². The van der Waals surface area contributed by atoms with Gasteiger partial charge in [-0.15, -0.1) is 0 Å². The van der Waals surface area contributed by atoms with Gasteiger partial charge in [0.15, 0.2) is 11.6 Å². The normalized spacial score (nSPS) is 28.7. The number of esters is 1. The number of ether oxygens (including phenoxy) is 1. The van der Waals surface area contributed by atoms with Crippen LogP contribution < -0.4 is 4.74 Å². The minimum Gasteiger partial charge on any atom is -0.421 e. The maximum Gasteiger partial charge on any atom is 0.314 e. The molecule has 0 amide bonds. The van der Waals surface area contributed by atoms with Crippen molar-refractivity contribution in [3.05, 3.63) is 23.8 Å². The highest BCUT2D eigenvalue weighted by Crippen LogP contribution is 2.42. The largest absolute Gasteiger partial charge is 0.421 e. The van der Waals surface area contributed by atoms with Gasteiger partial charge in [0.2, 0.25) is 0 Å². The van der Waals surface area contributed by atoms with E-state index in [1.54, 1.807) is 0 Å². The highest BCUT2D eigenvalue weighted by atomic mass is 19.2. The molecule has 0 spiro atoms. The van der Waals surface area contributed by atoms with E-state index in [0.29, 0.717) is 24.8 Å². The van der Waals surface area contributed by atoms with Crippen molar-refractivity contribution in [1.82, 2.24) is 4.98 Å². The second-order valence-corrected chi connectivity index (χ2v) is 8.15. The summed E-state index contributed by atoms with van der Waals surface area (Å²) in [5.41, 5.74) is 0. The molecule has 2 fully saturated rings. The van der Waals surface area contributed by atoms with Crippen LogP contribution >= 0.6 is 0 Å². The van der Waals surface area contributed by atoms with E-state index >= 15 is 0 Å². The van der Waals surface area contributed by atoms with Crippen molar-refractivity contribution in [2.75, 3.05) is 0 Å². The van der Waals surface area contributed by atoms with Gasteiger partial charge in [-0.25, -0.2) is 4.39 Å². The van der Waals surface area contributed by atoms with Gasteiger partial charge >= 0.3 is 5.97 Å². The predicted molar refractivity (Wildman–Crippen MR) is 95.6 cm³/mol. The Balaban J connectivity index is 1.48. The molecule has 0 saturated heterocycles. The summed E-state index contributed by atoms with van der Waals surface area (Å²) in [5, 5.41) is 0. The first-order valence-corrected chi connectivity index (χ1v) is 10.2. The van der Waals surface area contributed by atoms with E-state index in [1.165, 1.54) is 38.5 Å². The van der Waals surface area contributed by atoms with E-state index in [0.717, 1.165) is 24.7 Å². The number of carbonyl (C=O) groups is 1. The summed E-state index contributed by atoms with van der Waals surface area (Å²) in [7, 11) is 0. The van der Waals surface area contributed by atoms with Crippen molar-refractivity contribution in [1.29, 1.82) is 0 Å². The minimum atomic E-state index is -1.54. The number of hydrogen-bond donors (Lipinski definition) is 0. The number of carbonyl (C=O) groups excluding carboxylic acids is 1. The SMILES string of the molecule is CCC[C@H]1CC[C@H](C2CCC(C(=O)Oc3cc(F)c(F)nc3F)CC2)CC1. The first-order valence-electron chi connectivity index (χ1n) is 10.2. The van der Waals surface area contributed by atoms with Crippen LogP contribution in [0.5, 0.6) is 5.75 Å². The second kappa shape index (κ2) is 9.07. The Hall–Kier alpha value is -1.59. The van der Waals surface area contributed by atoms with Gasteiger partial charge in [-0.05, 0) is 56.3 Å². The number of pyridine rings is 1. The van der Waals surface area contributed by atoms with Gasteiger partial charge < -0.3 is 4.74 Å². The summed E-state index contributed by atoms with van der Waals surface area (Å²) in [6, 6.07) is 0.538. The zero-order valence-electron chi connectivity index (χ0n) is 15.9. The highest BCUT2D eigenvalue weighted by molar-refractivity contribution is 5.75. The molecule has 3 nitrogen and oxygen atoms in total. The van der Waals surface area contributed by atoms with Gasteiger partial charge in [0.25, 0.3) is 11.9 Å². The van der Waals surface area contributed by atoms with Crippen molar-refractivity contribution < 1.29 is 22.7 Å². The summed E-state index contributed by atoms with van der Waals surface area (Å²) >= 11 is 0. The van der Waals surface area contributed by atoms with E-state index < -0.39 is 29.4 Å². The smallest absolute Gasteiger partial charge is 0.314 e. The Labute approximate surface area is 158 Å².